The van der Waals surface area contributed by atoms with Gasteiger partial charge >= 0.3 is 0 Å². The molecule has 0 radical (unpaired) electrons. The third kappa shape index (κ3) is 2.36. The Labute approximate surface area is 104 Å². The molecule has 0 saturated carbocycles. The van der Waals surface area contributed by atoms with Crippen LogP contribution in [0.25, 0.3) is 0 Å². The SMILES string of the molecule is C[C@H]1CC(=O)N(CCc2ccccc2)C1(C)C. The molecule has 1 aliphatic heterocycles. The van der Waals surface area contributed by atoms with Gasteiger partial charge in [-0.05, 0) is 31.7 Å². The Morgan fingerprint density at radius 3 is 2.47 bits per heavy atom. The van der Waals surface area contributed by atoms with Gasteiger partial charge in [-0.2, -0.15) is 0 Å². The molecular weight excluding hydrogens is 210 g/mol. The average Bonchev–Trinajstić information content (AvgIpc) is 2.48. The fraction of sp³-hybridized carbons (Fsp3) is 0.533. The standard InChI is InChI=1S/C15H21NO/c1-12-11-14(17)16(15(12,2)3)10-9-13-7-5-4-6-8-13/h4-8,12H,9-11H2,1-3H3/t12-/m0/s1. The lowest BCUT2D eigenvalue weighted by atomic mass is 9.90. The Bertz CT molecular complexity index is 397. The highest BCUT2D eigenvalue weighted by Crippen LogP contribution is 2.34. The van der Waals surface area contributed by atoms with E-state index in [0.29, 0.717) is 18.2 Å². The van der Waals surface area contributed by atoms with Crippen LogP contribution < -0.4 is 0 Å². The van der Waals surface area contributed by atoms with E-state index in [9.17, 15) is 4.79 Å². The first-order valence-corrected chi connectivity index (χ1v) is 6.36. The van der Waals surface area contributed by atoms with Crippen molar-refractivity contribution in [1.29, 1.82) is 0 Å². The summed E-state index contributed by atoms with van der Waals surface area (Å²) in [6, 6.07) is 10.4. The van der Waals surface area contributed by atoms with Gasteiger partial charge in [-0.25, -0.2) is 0 Å². The first kappa shape index (κ1) is 12.2. The molecule has 1 aromatic rings. The minimum absolute atomic E-state index is 0.00582. The molecule has 1 saturated heterocycles. The van der Waals surface area contributed by atoms with Crippen LogP contribution in [0, 0.1) is 5.92 Å². The summed E-state index contributed by atoms with van der Waals surface area (Å²) in [4.78, 5) is 14.0. The van der Waals surface area contributed by atoms with E-state index in [2.05, 4.69) is 45.0 Å². The Morgan fingerprint density at radius 1 is 1.29 bits per heavy atom. The predicted octanol–water partition coefficient (Wildman–Crippen LogP) is 2.88. The van der Waals surface area contributed by atoms with Gasteiger partial charge in [-0.15, -0.1) is 0 Å². The second kappa shape index (κ2) is 4.52. The zero-order valence-corrected chi connectivity index (χ0v) is 10.9. The van der Waals surface area contributed by atoms with E-state index in [4.69, 9.17) is 0 Å². The summed E-state index contributed by atoms with van der Waals surface area (Å²) in [5.41, 5.74) is 1.31. The first-order valence-electron chi connectivity index (χ1n) is 6.36. The average molecular weight is 231 g/mol. The molecule has 0 unspecified atom stereocenters. The van der Waals surface area contributed by atoms with Gasteiger partial charge in [-0.3, -0.25) is 4.79 Å². The van der Waals surface area contributed by atoms with Gasteiger partial charge in [0.2, 0.25) is 5.91 Å². The molecule has 2 heteroatoms. The lowest BCUT2D eigenvalue weighted by Gasteiger charge is -2.34. The predicted molar refractivity (Wildman–Crippen MR) is 69.7 cm³/mol. The molecule has 0 aliphatic carbocycles. The minimum Gasteiger partial charge on any atom is -0.337 e. The van der Waals surface area contributed by atoms with Crippen molar-refractivity contribution < 1.29 is 4.79 Å². The zero-order valence-electron chi connectivity index (χ0n) is 10.9. The normalized spacial score (nSPS) is 23.1. The van der Waals surface area contributed by atoms with Gasteiger partial charge < -0.3 is 4.90 Å². The molecule has 1 amide bonds. The lowest BCUT2D eigenvalue weighted by Crippen LogP contribution is -2.44. The van der Waals surface area contributed by atoms with Crippen LogP contribution in [0.4, 0.5) is 0 Å². The van der Waals surface area contributed by atoms with E-state index < -0.39 is 0 Å². The maximum absolute atomic E-state index is 11.9. The second-order valence-corrected chi connectivity index (χ2v) is 5.54. The monoisotopic (exact) mass is 231 g/mol. The molecule has 1 heterocycles. The fourth-order valence-corrected chi connectivity index (χ4v) is 2.51. The van der Waals surface area contributed by atoms with Crippen molar-refractivity contribution in [1.82, 2.24) is 4.90 Å². The van der Waals surface area contributed by atoms with E-state index in [1.54, 1.807) is 0 Å². The van der Waals surface area contributed by atoms with Crippen LogP contribution in [0.15, 0.2) is 30.3 Å². The topological polar surface area (TPSA) is 20.3 Å². The van der Waals surface area contributed by atoms with Gasteiger partial charge in [-0.1, -0.05) is 37.3 Å². The summed E-state index contributed by atoms with van der Waals surface area (Å²) in [6.45, 7) is 7.35. The van der Waals surface area contributed by atoms with Gasteiger partial charge in [0.05, 0.1) is 0 Å². The molecule has 2 nitrogen and oxygen atoms in total. The third-order valence-corrected chi connectivity index (χ3v) is 4.15. The van der Waals surface area contributed by atoms with Gasteiger partial charge in [0.15, 0.2) is 0 Å². The maximum atomic E-state index is 11.9. The molecule has 17 heavy (non-hydrogen) atoms. The number of likely N-dealkylation sites (tertiary alicyclic amines) is 1. The number of carbonyl (C=O) groups excluding carboxylic acids is 1. The largest absolute Gasteiger partial charge is 0.337 e. The molecule has 1 atom stereocenters. The van der Waals surface area contributed by atoms with E-state index in [1.165, 1.54) is 5.56 Å². The van der Waals surface area contributed by atoms with Crippen LogP contribution in [0.2, 0.25) is 0 Å². The fourth-order valence-electron chi connectivity index (χ4n) is 2.51. The van der Waals surface area contributed by atoms with E-state index in [1.807, 2.05) is 11.0 Å². The summed E-state index contributed by atoms with van der Waals surface area (Å²) < 4.78 is 0. The van der Waals surface area contributed by atoms with Crippen molar-refractivity contribution in [3.05, 3.63) is 35.9 Å². The van der Waals surface area contributed by atoms with Crippen LogP contribution in [0.3, 0.4) is 0 Å². The minimum atomic E-state index is 0.00582. The van der Waals surface area contributed by atoms with Crippen LogP contribution in [-0.2, 0) is 11.2 Å². The summed E-state index contributed by atoms with van der Waals surface area (Å²) in [6.07, 6.45) is 1.64. The van der Waals surface area contributed by atoms with Crippen molar-refractivity contribution in [2.45, 2.75) is 39.2 Å². The molecule has 0 N–H and O–H groups in total. The Morgan fingerprint density at radius 2 is 1.94 bits per heavy atom. The molecular formula is C15H21NO. The number of rotatable bonds is 3. The van der Waals surface area contributed by atoms with Crippen molar-refractivity contribution in [3.63, 3.8) is 0 Å². The molecule has 2 rings (SSSR count). The summed E-state index contributed by atoms with van der Waals surface area (Å²) in [5, 5.41) is 0. The molecule has 0 aromatic heterocycles. The van der Waals surface area contributed by atoms with Crippen molar-refractivity contribution in [2.75, 3.05) is 6.54 Å². The van der Waals surface area contributed by atoms with Crippen LogP contribution in [0.5, 0.6) is 0 Å². The number of nitrogens with zero attached hydrogens (tertiary/aromatic N) is 1. The molecule has 0 spiro atoms. The second-order valence-electron chi connectivity index (χ2n) is 5.54. The molecule has 1 aromatic carbocycles. The van der Waals surface area contributed by atoms with Crippen molar-refractivity contribution >= 4 is 5.91 Å². The first-order chi connectivity index (χ1) is 8.01. The van der Waals surface area contributed by atoms with Crippen LogP contribution >= 0.6 is 0 Å². The third-order valence-electron chi connectivity index (χ3n) is 4.15. The van der Waals surface area contributed by atoms with E-state index >= 15 is 0 Å². The van der Waals surface area contributed by atoms with E-state index in [0.717, 1.165) is 13.0 Å². The highest BCUT2D eigenvalue weighted by Gasteiger charge is 2.42. The number of hydrogen-bond donors (Lipinski definition) is 0. The van der Waals surface area contributed by atoms with Gasteiger partial charge in [0.1, 0.15) is 0 Å². The molecule has 92 valence electrons. The van der Waals surface area contributed by atoms with Gasteiger partial charge in [0, 0.05) is 18.5 Å². The van der Waals surface area contributed by atoms with Crippen molar-refractivity contribution in [3.8, 4) is 0 Å². The number of hydrogen-bond acceptors (Lipinski definition) is 1. The highest BCUT2D eigenvalue weighted by molar-refractivity contribution is 5.80. The summed E-state index contributed by atoms with van der Waals surface area (Å²) in [7, 11) is 0. The highest BCUT2D eigenvalue weighted by atomic mass is 16.2. The molecule has 1 aliphatic rings. The van der Waals surface area contributed by atoms with Crippen LogP contribution in [0.1, 0.15) is 32.8 Å². The van der Waals surface area contributed by atoms with Crippen LogP contribution in [-0.4, -0.2) is 22.9 Å². The van der Waals surface area contributed by atoms with E-state index in [-0.39, 0.29) is 5.54 Å². The number of amides is 1. The Balaban J connectivity index is 2.02. The number of benzene rings is 1. The molecule has 0 bridgehead atoms. The smallest absolute Gasteiger partial charge is 0.223 e. The summed E-state index contributed by atoms with van der Waals surface area (Å²) in [5.74, 6) is 0.754. The maximum Gasteiger partial charge on any atom is 0.223 e. The number of carbonyl (C=O) groups is 1. The zero-order chi connectivity index (χ0) is 12.5. The Hall–Kier alpha value is -1.31. The Kier molecular flexibility index (Phi) is 3.23. The van der Waals surface area contributed by atoms with Crippen molar-refractivity contribution in [2.24, 2.45) is 5.92 Å². The quantitative estimate of drug-likeness (QED) is 0.783. The van der Waals surface area contributed by atoms with Gasteiger partial charge in [0.25, 0.3) is 0 Å². The molecule has 1 fully saturated rings. The lowest BCUT2D eigenvalue weighted by molar-refractivity contribution is -0.130. The summed E-state index contributed by atoms with van der Waals surface area (Å²) >= 11 is 0.